The van der Waals surface area contributed by atoms with E-state index in [0.29, 0.717) is 11.3 Å². The molecule has 2 aromatic rings. The fraction of sp³-hybridized carbons (Fsp3) is 0.333. The second-order valence-electron chi connectivity index (χ2n) is 8.23. The Morgan fingerprint density at radius 1 is 1.09 bits per heavy atom. The molecular formula is C24H27FN2O4S. The molecule has 1 aliphatic carbocycles. The van der Waals surface area contributed by atoms with Crippen LogP contribution in [0.4, 0.5) is 10.1 Å². The summed E-state index contributed by atoms with van der Waals surface area (Å²) in [6, 6.07) is 13.9. The van der Waals surface area contributed by atoms with E-state index in [1.165, 1.54) is 35.2 Å². The van der Waals surface area contributed by atoms with Gasteiger partial charge in [0.2, 0.25) is 11.8 Å². The van der Waals surface area contributed by atoms with Gasteiger partial charge in [-0.15, -0.1) is 0 Å². The van der Waals surface area contributed by atoms with Crippen LogP contribution in [0, 0.1) is 17.7 Å². The third-order valence-electron chi connectivity index (χ3n) is 5.22. The lowest BCUT2D eigenvalue weighted by Crippen LogP contribution is -2.47. The van der Waals surface area contributed by atoms with Crippen molar-refractivity contribution in [2.45, 2.75) is 39.2 Å². The van der Waals surface area contributed by atoms with E-state index in [2.05, 4.69) is 0 Å². The Bertz CT molecular complexity index is 1080. The highest BCUT2D eigenvalue weighted by Crippen LogP contribution is 2.36. The number of carbonyl (C=O) groups excluding carboxylic acids is 2. The Labute approximate surface area is 188 Å². The topological polar surface area (TPSA) is 83.6 Å². The molecule has 1 fully saturated rings. The number of benzene rings is 2. The van der Waals surface area contributed by atoms with E-state index in [9.17, 15) is 22.4 Å². The molecule has 1 saturated carbocycles. The maximum Gasteiger partial charge on any atom is 0.257 e. The molecule has 0 spiro atoms. The van der Waals surface area contributed by atoms with Gasteiger partial charge in [-0.2, -0.15) is 0 Å². The van der Waals surface area contributed by atoms with Crippen molar-refractivity contribution in [3.63, 3.8) is 0 Å². The van der Waals surface area contributed by atoms with Crippen molar-refractivity contribution in [1.82, 2.24) is 4.72 Å². The molecule has 1 aliphatic rings. The van der Waals surface area contributed by atoms with E-state index in [1.807, 2.05) is 10.8 Å². The van der Waals surface area contributed by atoms with E-state index in [-0.39, 0.29) is 18.4 Å². The van der Waals surface area contributed by atoms with Crippen molar-refractivity contribution in [3.05, 3.63) is 71.4 Å². The molecule has 2 aromatic carbocycles. The first kappa shape index (κ1) is 23.7. The fourth-order valence-electron chi connectivity index (χ4n) is 3.43. The number of carbonyl (C=O) groups is 2. The van der Waals surface area contributed by atoms with Crippen LogP contribution in [-0.4, -0.2) is 26.3 Å². The lowest BCUT2D eigenvalue weighted by molar-refractivity contribution is -0.133. The van der Waals surface area contributed by atoms with Crippen molar-refractivity contribution in [1.29, 1.82) is 0 Å². The summed E-state index contributed by atoms with van der Waals surface area (Å²) in [6.45, 7) is 3.57. The number of nitrogens with zero attached hydrogens (tertiary/aromatic N) is 1. The third kappa shape index (κ3) is 6.50. The molecule has 32 heavy (non-hydrogen) atoms. The minimum absolute atomic E-state index is 0.208. The van der Waals surface area contributed by atoms with Gasteiger partial charge in [-0.05, 0) is 62.1 Å². The number of nitrogens with one attached hydrogen (secondary N) is 1. The summed E-state index contributed by atoms with van der Waals surface area (Å²) >= 11 is 0. The third-order valence-corrected chi connectivity index (χ3v) is 6.20. The summed E-state index contributed by atoms with van der Waals surface area (Å²) in [7, 11) is -4.09. The van der Waals surface area contributed by atoms with Crippen LogP contribution < -0.4 is 9.62 Å². The van der Waals surface area contributed by atoms with Crippen LogP contribution in [-0.2, 0) is 19.6 Å². The first-order valence-corrected chi connectivity index (χ1v) is 12.1. The number of anilines is 1. The fourth-order valence-corrected chi connectivity index (χ4v) is 4.26. The zero-order valence-corrected chi connectivity index (χ0v) is 18.9. The Morgan fingerprint density at radius 3 is 2.28 bits per heavy atom. The molecule has 1 atom stereocenters. The maximum absolute atomic E-state index is 13.4. The highest BCUT2D eigenvalue weighted by Gasteiger charge is 2.38. The molecule has 3 rings (SSSR count). The average Bonchev–Trinajstić information content (AvgIpc) is 3.56. The van der Waals surface area contributed by atoms with Crippen molar-refractivity contribution < 1.29 is 22.4 Å². The van der Waals surface area contributed by atoms with E-state index in [4.69, 9.17) is 0 Å². The normalized spacial score (nSPS) is 15.0. The van der Waals surface area contributed by atoms with Gasteiger partial charge in [0, 0.05) is 11.7 Å². The molecule has 0 radical (unpaired) electrons. The molecule has 0 bridgehead atoms. The van der Waals surface area contributed by atoms with Crippen molar-refractivity contribution >= 4 is 33.6 Å². The highest BCUT2D eigenvalue weighted by atomic mass is 32.2. The molecule has 1 unspecified atom stereocenters. The minimum atomic E-state index is -4.09. The second kappa shape index (κ2) is 10.1. The summed E-state index contributed by atoms with van der Waals surface area (Å²) in [5.74, 6) is -2.74. The van der Waals surface area contributed by atoms with Crippen LogP contribution in [0.15, 0.2) is 60.0 Å². The largest absolute Gasteiger partial charge is 0.309 e. The van der Waals surface area contributed by atoms with Crippen LogP contribution in [0.3, 0.4) is 0 Å². The van der Waals surface area contributed by atoms with Gasteiger partial charge in [0.15, 0.2) is 0 Å². The number of sulfonamides is 1. The number of halogens is 1. The van der Waals surface area contributed by atoms with Gasteiger partial charge in [-0.25, -0.2) is 17.5 Å². The van der Waals surface area contributed by atoms with E-state index < -0.39 is 33.6 Å². The molecule has 0 saturated heterocycles. The van der Waals surface area contributed by atoms with Gasteiger partial charge in [0.1, 0.15) is 11.7 Å². The average molecular weight is 459 g/mol. The van der Waals surface area contributed by atoms with Gasteiger partial charge in [-0.3, -0.25) is 9.59 Å². The molecule has 1 N–H and O–H groups in total. The minimum Gasteiger partial charge on any atom is -0.309 e. The lowest BCUT2D eigenvalue weighted by Gasteiger charge is -2.30. The smallest absolute Gasteiger partial charge is 0.257 e. The predicted molar refractivity (Wildman–Crippen MR) is 122 cm³/mol. The Kier molecular flexibility index (Phi) is 7.45. The number of rotatable bonds is 9. The Balaban J connectivity index is 1.81. The first-order valence-electron chi connectivity index (χ1n) is 10.5. The Hall–Kier alpha value is -3.00. The van der Waals surface area contributed by atoms with Gasteiger partial charge < -0.3 is 4.90 Å². The predicted octanol–water partition coefficient (Wildman–Crippen LogP) is 4.10. The van der Waals surface area contributed by atoms with Gasteiger partial charge in [0.05, 0.1) is 5.41 Å². The van der Waals surface area contributed by atoms with E-state index >= 15 is 0 Å². The number of hydrogen-bond acceptors (Lipinski definition) is 4. The van der Waals surface area contributed by atoms with Crippen molar-refractivity contribution in [2.24, 2.45) is 11.8 Å². The van der Waals surface area contributed by atoms with Crippen LogP contribution in [0.2, 0.25) is 0 Å². The van der Waals surface area contributed by atoms with Gasteiger partial charge >= 0.3 is 0 Å². The second-order valence-corrected chi connectivity index (χ2v) is 9.80. The van der Waals surface area contributed by atoms with Gasteiger partial charge in [-0.1, -0.05) is 43.2 Å². The summed E-state index contributed by atoms with van der Waals surface area (Å²) in [5, 5.41) is 0.916. The molecule has 0 aromatic heterocycles. The summed E-state index contributed by atoms with van der Waals surface area (Å²) < 4.78 is 40.3. The molecular weight excluding hydrogens is 431 g/mol. The number of hydrogen-bond donors (Lipinski definition) is 1. The van der Waals surface area contributed by atoms with Crippen LogP contribution >= 0.6 is 0 Å². The van der Waals surface area contributed by atoms with Crippen LogP contribution in [0.25, 0.3) is 6.08 Å². The molecule has 0 aliphatic heterocycles. The van der Waals surface area contributed by atoms with E-state index in [0.717, 1.165) is 18.2 Å². The summed E-state index contributed by atoms with van der Waals surface area (Å²) in [6.07, 6.45) is 3.45. The van der Waals surface area contributed by atoms with Crippen molar-refractivity contribution in [2.75, 3.05) is 4.90 Å². The van der Waals surface area contributed by atoms with Crippen molar-refractivity contribution in [3.8, 4) is 0 Å². The maximum atomic E-state index is 13.4. The lowest BCUT2D eigenvalue weighted by atomic mass is 9.98. The Morgan fingerprint density at radius 2 is 1.72 bits per heavy atom. The van der Waals surface area contributed by atoms with Crippen LogP contribution in [0.5, 0.6) is 0 Å². The molecule has 8 heteroatoms. The molecule has 0 heterocycles. The standard InChI is InChI=1S/C24H27FN2O4S/c1-17(2)27(21-12-10-20(25)11-13-21)24(29)22(16-19-8-9-19)23(28)26-32(30,31)15-14-18-6-4-3-5-7-18/h3-7,10-15,17,19,22H,8-9,16H2,1-2H3,(H,26,28). The SMILES string of the molecule is CC(C)N(C(=O)C(CC1CC1)C(=O)NS(=O)(=O)C=Cc1ccccc1)c1ccc(F)cc1. The molecule has 2 amide bonds. The van der Waals surface area contributed by atoms with Crippen LogP contribution in [0.1, 0.15) is 38.7 Å². The zero-order chi connectivity index (χ0) is 23.3. The quantitative estimate of drug-likeness (QED) is 0.574. The van der Waals surface area contributed by atoms with Gasteiger partial charge in [0.25, 0.3) is 10.0 Å². The summed E-state index contributed by atoms with van der Waals surface area (Å²) in [5.41, 5.74) is 1.12. The highest BCUT2D eigenvalue weighted by molar-refractivity contribution is 7.93. The molecule has 170 valence electrons. The monoisotopic (exact) mass is 458 g/mol. The summed E-state index contributed by atoms with van der Waals surface area (Å²) in [4.78, 5) is 27.8. The van der Waals surface area contributed by atoms with E-state index in [1.54, 1.807) is 38.1 Å². The zero-order valence-electron chi connectivity index (χ0n) is 18.1. The number of amides is 2. The first-order chi connectivity index (χ1) is 15.2. The molecule has 6 nitrogen and oxygen atoms in total.